The molecule has 3 N–H and O–H groups in total. The molecule has 1 aromatic carbocycles. The number of aromatic hydroxyl groups is 2. The summed E-state index contributed by atoms with van der Waals surface area (Å²) in [5.41, 5.74) is 5.57. The van der Waals surface area contributed by atoms with E-state index in [1.807, 2.05) is 6.92 Å². The van der Waals surface area contributed by atoms with E-state index in [0.717, 1.165) is 44.9 Å². The van der Waals surface area contributed by atoms with E-state index in [1.54, 1.807) is 12.1 Å². The van der Waals surface area contributed by atoms with Crippen LogP contribution in [0.3, 0.4) is 0 Å². The Morgan fingerprint density at radius 2 is 1.24 bits per heavy atom. The van der Waals surface area contributed by atoms with Gasteiger partial charge in [-0.05, 0) is 117 Å². The lowest BCUT2D eigenvalue weighted by Gasteiger charge is -2.23. The van der Waals surface area contributed by atoms with E-state index < -0.39 is 5.60 Å². The van der Waals surface area contributed by atoms with Crippen LogP contribution in [0.2, 0.25) is 0 Å². The zero-order valence-corrected chi connectivity index (χ0v) is 22.5. The highest BCUT2D eigenvalue weighted by Crippen LogP contribution is 2.31. The maximum Gasteiger partial charge on any atom is 0.160 e. The van der Waals surface area contributed by atoms with Gasteiger partial charge in [0.25, 0.3) is 0 Å². The van der Waals surface area contributed by atoms with Gasteiger partial charge in [-0.1, -0.05) is 58.7 Å². The Morgan fingerprint density at radius 3 is 1.76 bits per heavy atom. The summed E-state index contributed by atoms with van der Waals surface area (Å²) in [6, 6.07) is 4.97. The minimum Gasteiger partial charge on any atom is -0.504 e. The fourth-order valence-corrected chi connectivity index (χ4v) is 3.93. The fourth-order valence-electron chi connectivity index (χ4n) is 3.93. The molecule has 1 atom stereocenters. The predicted molar refractivity (Wildman–Crippen MR) is 146 cm³/mol. The number of phenols is 2. The Morgan fingerprint density at radius 1 is 0.735 bits per heavy atom. The van der Waals surface area contributed by atoms with Crippen molar-refractivity contribution in [2.75, 3.05) is 0 Å². The summed E-state index contributed by atoms with van der Waals surface area (Å²) in [6.07, 6.45) is 18.5. The van der Waals surface area contributed by atoms with Crippen LogP contribution in [-0.4, -0.2) is 20.9 Å². The molecular formula is C31H48O3. The first kappa shape index (κ1) is 29.8. The molecule has 1 rings (SSSR count). The van der Waals surface area contributed by atoms with E-state index in [9.17, 15) is 15.3 Å². The van der Waals surface area contributed by atoms with Crippen LogP contribution in [0.15, 0.2) is 64.8 Å². The van der Waals surface area contributed by atoms with Crippen LogP contribution in [0.25, 0.3) is 0 Å². The van der Waals surface area contributed by atoms with Gasteiger partial charge in [-0.15, -0.1) is 0 Å². The van der Waals surface area contributed by atoms with Gasteiger partial charge in [0.05, 0.1) is 5.60 Å². The van der Waals surface area contributed by atoms with Crippen molar-refractivity contribution < 1.29 is 15.3 Å². The van der Waals surface area contributed by atoms with Gasteiger partial charge < -0.3 is 15.3 Å². The molecule has 34 heavy (non-hydrogen) atoms. The second-order valence-electron chi connectivity index (χ2n) is 10.4. The highest BCUT2D eigenvalue weighted by molar-refractivity contribution is 5.44. The Labute approximate surface area is 208 Å². The van der Waals surface area contributed by atoms with Gasteiger partial charge in [0.1, 0.15) is 0 Å². The average molecular weight is 469 g/mol. The highest BCUT2D eigenvalue weighted by Gasteiger charge is 2.20. The standard InChI is InChI=1S/C31H48O3/c1-24(2)12-7-13-25(3)14-8-15-26(4)16-9-17-27(5)18-11-22-31(6,34)23-21-28-19-10-20-29(32)30(28)33/h10,12,14,16,18-20,32-34H,7-9,11,13,15,17,21-23H2,1-6H3. The summed E-state index contributed by atoms with van der Waals surface area (Å²) < 4.78 is 0. The van der Waals surface area contributed by atoms with Gasteiger partial charge in [-0.25, -0.2) is 0 Å². The Hall–Kier alpha value is -2.26. The van der Waals surface area contributed by atoms with Crippen molar-refractivity contribution in [3.8, 4) is 11.5 Å². The largest absolute Gasteiger partial charge is 0.504 e. The Bertz CT molecular complexity index is 865. The monoisotopic (exact) mass is 468 g/mol. The van der Waals surface area contributed by atoms with Gasteiger partial charge in [-0.2, -0.15) is 0 Å². The maximum absolute atomic E-state index is 10.7. The number of hydrogen-bond acceptors (Lipinski definition) is 3. The summed E-state index contributed by atoms with van der Waals surface area (Å²) in [5, 5.41) is 30.3. The second-order valence-corrected chi connectivity index (χ2v) is 10.4. The maximum atomic E-state index is 10.7. The van der Waals surface area contributed by atoms with E-state index in [-0.39, 0.29) is 11.5 Å². The van der Waals surface area contributed by atoms with Crippen LogP contribution in [0.5, 0.6) is 11.5 Å². The molecule has 0 aliphatic rings. The summed E-state index contributed by atoms with van der Waals surface area (Å²) in [7, 11) is 0. The van der Waals surface area contributed by atoms with Crippen molar-refractivity contribution in [2.45, 2.75) is 111 Å². The van der Waals surface area contributed by atoms with E-state index in [1.165, 1.54) is 28.4 Å². The number of allylic oxidation sites excluding steroid dienone is 8. The topological polar surface area (TPSA) is 60.7 Å². The van der Waals surface area contributed by atoms with Gasteiger partial charge in [0.2, 0.25) is 0 Å². The van der Waals surface area contributed by atoms with Crippen LogP contribution < -0.4 is 0 Å². The molecule has 0 fully saturated rings. The molecule has 0 bridgehead atoms. The SMILES string of the molecule is CC(C)=CCCC(C)=CCCC(C)=CCCC(C)=CCCC(C)(O)CCc1cccc(O)c1O. The third-order valence-corrected chi connectivity index (χ3v) is 6.36. The van der Waals surface area contributed by atoms with Gasteiger partial charge in [0, 0.05) is 0 Å². The van der Waals surface area contributed by atoms with Crippen molar-refractivity contribution in [2.24, 2.45) is 0 Å². The van der Waals surface area contributed by atoms with Gasteiger partial charge in [-0.3, -0.25) is 0 Å². The smallest absolute Gasteiger partial charge is 0.160 e. The number of hydrogen-bond donors (Lipinski definition) is 3. The third kappa shape index (κ3) is 13.4. The number of rotatable bonds is 15. The molecule has 0 aliphatic heterocycles. The minimum absolute atomic E-state index is 0.0805. The molecule has 0 radical (unpaired) electrons. The van der Waals surface area contributed by atoms with Crippen LogP contribution in [0.1, 0.15) is 105 Å². The summed E-state index contributed by atoms with van der Waals surface area (Å²) in [5.74, 6) is -0.190. The molecule has 1 aromatic rings. The molecular weight excluding hydrogens is 420 g/mol. The van der Waals surface area contributed by atoms with Crippen molar-refractivity contribution in [1.29, 1.82) is 0 Å². The molecule has 1 unspecified atom stereocenters. The molecule has 3 nitrogen and oxygen atoms in total. The lowest BCUT2D eigenvalue weighted by Crippen LogP contribution is -2.24. The van der Waals surface area contributed by atoms with Crippen LogP contribution >= 0.6 is 0 Å². The number of para-hydroxylation sites is 1. The lowest BCUT2D eigenvalue weighted by molar-refractivity contribution is 0.0431. The van der Waals surface area contributed by atoms with Crippen LogP contribution in [0.4, 0.5) is 0 Å². The Balaban J connectivity index is 2.32. The first-order valence-corrected chi connectivity index (χ1v) is 12.8. The number of phenolic OH excluding ortho intramolecular Hbond substituents is 2. The number of aliphatic hydroxyl groups is 1. The fraction of sp³-hybridized carbons (Fsp3) is 0.548. The normalized spacial score (nSPS) is 14.7. The minimum atomic E-state index is -0.803. The van der Waals surface area contributed by atoms with Crippen molar-refractivity contribution in [3.63, 3.8) is 0 Å². The number of aryl methyl sites for hydroxylation is 1. The molecule has 0 spiro atoms. The average Bonchev–Trinajstić information content (AvgIpc) is 2.74. The van der Waals surface area contributed by atoms with E-state index in [4.69, 9.17) is 0 Å². The molecule has 0 saturated heterocycles. The summed E-state index contributed by atoms with van der Waals surface area (Å²) in [6.45, 7) is 12.8. The summed E-state index contributed by atoms with van der Waals surface area (Å²) in [4.78, 5) is 0. The quantitative estimate of drug-likeness (QED) is 0.178. The Kier molecular flexibility index (Phi) is 13.7. The van der Waals surface area contributed by atoms with E-state index >= 15 is 0 Å². The summed E-state index contributed by atoms with van der Waals surface area (Å²) >= 11 is 0. The van der Waals surface area contributed by atoms with Crippen molar-refractivity contribution in [1.82, 2.24) is 0 Å². The predicted octanol–water partition coefficient (Wildman–Crippen LogP) is 8.71. The molecule has 0 heterocycles. The molecule has 0 aromatic heterocycles. The highest BCUT2D eigenvalue weighted by atomic mass is 16.3. The van der Waals surface area contributed by atoms with E-state index in [0.29, 0.717) is 24.8 Å². The first-order valence-electron chi connectivity index (χ1n) is 12.8. The van der Waals surface area contributed by atoms with Crippen molar-refractivity contribution in [3.05, 3.63) is 70.4 Å². The molecule has 190 valence electrons. The molecule has 3 heteroatoms. The molecule has 0 aliphatic carbocycles. The lowest BCUT2D eigenvalue weighted by atomic mass is 9.91. The zero-order valence-electron chi connectivity index (χ0n) is 22.5. The van der Waals surface area contributed by atoms with Crippen LogP contribution in [-0.2, 0) is 6.42 Å². The second kappa shape index (κ2) is 15.6. The molecule has 0 amide bonds. The zero-order chi connectivity index (χ0) is 25.6. The third-order valence-electron chi connectivity index (χ3n) is 6.36. The first-order chi connectivity index (χ1) is 16.0. The van der Waals surface area contributed by atoms with Crippen LogP contribution in [0, 0.1) is 0 Å². The van der Waals surface area contributed by atoms with Gasteiger partial charge >= 0.3 is 0 Å². The van der Waals surface area contributed by atoms with E-state index in [2.05, 4.69) is 58.9 Å². The molecule has 0 saturated carbocycles. The van der Waals surface area contributed by atoms with Crippen molar-refractivity contribution >= 4 is 0 Å². The van der Waals surface area contributed by atoms with Gasteiger partial charge in [0.15, 0.2) is 11.5 Å². The number of benzene rings is 1.